The Bertz CT molecular complexity index is 350. The molecule has 0 aliphatic carbocycles. The van der Waals surface area contributed by atoms with Gasteiger partial charge in [0.15, 0.2) is 0 Å². The van der Waals surface area contributed by atoms with Crippen LogP contribution in [0.25, 0.3) is 0 Å². The summed E-state index contributed by atoms with van der Waals surface area (Å²) in [7, 11) is 1.33. The number of rotatable bonds is 3. The number of halogens is 2. The highest BCUT2D eigenvalue weighted by molar-refractivity contribution is 9.10. The van der Waals surface area contributed by atoms with Crippen LogP contribution in [0.15, 0.2) is 22.7 Å². The minimum absolute atomic E-state index is 0.110. The van der Waals surface area contributed by atoms with E-state index in [2.05, 4.69) is 20.7 Å². The monoisotopic (exact) mass is 291 g/mol. The summed E-state index contributed by atoms with van der Waals surface area (Å²) in [6, 6.07) is 4.92. The molecular weight excluding hydrogens is 281 g/mol. The fourth-order valence-electron chi connectivity index (χ4n) is 1.23. The van der Waals surface area contributed by atoms with Crippen molar-refractivity contribution in [2.45, 2.75) is 12.5 Å². The van der Waals surface area contributed by atoms with E-state index in [1.165, 1.54) is 7.11 Å². The van der Waals surface area contributed by atoms with Gasteiger partial charge in [0.2, 0.25) is 0 Å². The molecule has 5 heteroatoms. The number of ether oxygens (including phenoxy) is 1. The van der Waals surface area contributed by atoms with Gasteiger partial charge in [-0.2, -0.15) is 0 Å². The first-order valence-electron chi connectivity index (χ1n) is 4.32. The van der Waals surface area contributed by atoms with Crippen LogP contribution < -0.4 is 5.73 Å². The number of hydrogen-bond acceptors (Lipinski definition) is 3. The molecule has 0 saturated heterocycles. The van der Waals surface area contributed by atoms with Gasteiger partial charge in [0.05, 0.1) is 13.5 Å². The van der Waals surface area contributed by atoms with Gasteiger partial charge in [-0.25, -0.2) is 0 Å². The highest BCUT2D eigenvalue weighted by Gasteiger charge is 2.17. The van der Waals surface area contributed by atoms with E-state index in [0.717, 1.165) is 10.0 Å². The molecule has 0 fully saturated rings. The SMILES string of the molecule is COC(=O)C[C@@H](N)c1c(Cl)cccc1Br. The third-order valence-electron chi connectivity index (χ3n) is 1.98. The number of hydrogen-bond donors (Lipinski definition) is 1. The van der Waals surface area contributed by atoms with E-state index >= 15 is 0 Å². The van der Waals surface area contributed by atoms with Crippen molar-refractivity contribution >= 4 is 33.5 Å². The molecule has 0 radical (unpaired) electrons. The fraction of sp³-hybridized carbons (Fsp3) is 0.300. The summed E-state index contributed by atoms with van der Waals surface area (Å²) < 4.78 is 5.34. The molecule has 15 heavy (non-hydrogen) atoms. The van der Waals surface area contributed by atoms with E-state index in [1.807, 2.05) is 6.07 Å². The number of methoxy groups -OCH3 is 1. The molecule has 2 N–H and O–H groups in total. The largest absolute Gasteiger partial charge is 0.469 e. The first-order valence-corrected chi connectivity index (χ1v) is 5.49. The second kappa shape index (κ2) is 5.49. The number of benzene rings is 1. The normalized spacial score (nSPS) is 12.3. The molecule has 82 valence electrons. The van der Waals surface area contributed by atoms with Crippen LogP contribution in [-0.2, 0) is 9.53 Å². The third kappa shape index (κ3) is 3.19. The number of nitrogens with two attached hydrogens (primary N) is 1. The van der Waals surface area contributed by atoms with Gasteiger partial charge in [0.25, 0.3) is 0 Å². The van der Waals surface area contributed by atoms with Crippen LogP contribution in [0, 0.1) is 0 Å². The van der Waals surface area contributed by atoms with Crippen LogP contribution in [0.5, 0.6) is 0 Å². The predicted molar refractivity (Wildman–Crippen MR) is 62.7 cm³/mol. The van der Waals surface area contributed by atoms with Crippen LogP contribution in [-0.4, -0.2) is 13.1 Å². The number of esters is 1. The summed E-state index contributed by atoms with van der Waals surface area (Å²) in [4.78, 5) is 11.1. The summed E-state index contributed by atoms with van der Waals surface area (Å²) in [5.74, 6) is -0.352. The first-order chi connectivity index (χ1) is 7.06. The summed E-state index contributed by atoms with van der Waals surface area (Å²) in [5, 5.41) is 0.542. The highest BCUT2D eigenvalue weighted by atomic mass is 79.9. The Balaban J connectivity index is 2.90. The Morgan fingerprint density at radius 3 is 2.87 bits per heavy atom. The van der Waals surface area contributed by atoms with E-state index in [9.17, 15) is 4.79 Å². The molecule has 1 aromatic carbocycles. The second-order valence-corrected chi connectivity index (χ2v) is 4.28. The minimum Gasteiger partial charge on any atom is -0.469 e. The lowest BCUT2D eigenvalue weighted by molar-refractivity contribution is -0.141. The second-order valence-electron chi connectivity index (χ2n) is 3.02. The molecule has 0 heterocycles. The van der Waals surface area contributed by atoms with Crippen LogP contribution in [0.4, 0.5) is 0 Å². The van der Waals surface area contributed by atoms with E-state index < -0.39 is 6.04 Å². The third-order valence-corrected chi connectivity index (χ3v) is 3.01. The zero-order chi connectivity index (χ0) is 11.4. The van der Waals surface area contributed by atoms with Gasteiger partial charge in [-0.05, 0) is 12.1 Å². The Morgan fingerprint density at radius 1 is 1.67 bits per heavy atom. The van der Waals surface area contributed by atoms with Gasteiger partial charge in [0, 0.05) is 21.1 Å². The summed E-state index contributed by atoms with van der Waals surface area (Å²) in [5.41, 5.74) is 6.58. The number of carbonyl (C=O) groups excluding carboxylic acids is 1. The molecule has 1 atom stereocenters. The van der Waals surface area contributed by atoms with E-state index in [0.29, 0.717) is 5.02 Å². The highest BCUT2D eigenvalue weighted by Crippen LogP contribution is 2.30. The fourth-order valence-corrected chi connectivity index (χ4v) is 2.32. The van der Waals surface area contributed by atoms with E-state index in [4.69, 9.17) is 17.3 Å². The summed E-state index contributed by atoms with van der Waals surface area (Å²) in [6.45, 7) is 0. The molecule has 3 nitrogen and oxygen atoms in total. The van der Waals surface area contributed by atoms with Gasteiger partial charge in [0.1, 0.15) is 0 Å². The van der Waals surface area contributed by atoms with Crippen molar-refractivity contribution < 1.29 is 9.53 Å². The molecule has 0 saturated carbocycles. The van der Waals surface area contributed by atoms with Crippen LogP contribution in [0.1, 0.15) is 18.0 Å². The van der Waals surface area contributed by atoms with E-state index in [-0.39, 0.29) is 12.4 Å². The minimum atomic E-state index is -0.458. The molecular formula is C10H11BrClNO2. The van der Waals surface area contributed by atoms with Crippen molar-refractivity contribution in [2.24, 2.45) is 5.73 Å². The summed E-state index contributed by atoms with van der Waals surface area (Å²) in [6.07, 6.45) is 0.110. The van der Waals surface area contributed by atoms with Gasteiger partial charge in [-0.15, -0.1) is 0 Å². The maximum atomic E-state index is 11.1. The van der Waals surface area contributed by atoms with Gasteiger partial charge < -0.3 is 10.5 Å². The van der Waals surface area contributed by atoms with Crippen LogP contribution in [0.2, 0.25) is 5.02 Å². The zero-order valence-corrected chi connectivity index (χ0v) is 10.5. The molecule has 1 rings (SSSR count). The summed E-state index contributed by atoms with van der Waals surface area (Å²) >= 11 is 9.33. The van der Waals surface area contributed by atoms with Crippen LogP contribution >= 0.6 is 27.5 Å². The Kier molecular flexibility index (Phi) is 4.57. The standard InChI is InChI=1S/C10H11BrClNO2/c1-15-9(14)5-8(13)10-6(11)3-2-4-7(10)12/h2-4,8H,5,13H2,1H3/t8-/m1/s1. The molecule has 0 unspecified atom stereocenters. The topological polar surface area (TPSA) is 52.3 Å². The molecule has 1 aromatic rings. The molecule has 0 aliphatic heterocycles. The van der Waals surface area contributed by atoms with Crippen molar-refractivity contribution in [1.29, 1.82) is 0 Å². The van der Waals surface area contributed by atoms with E-state index in [1.54, 1.807) is 12.1 Å². The van der Waals surface area contributed by atoms with Crippen molar-refractivity contribution in [3.05, 3.63) is 33.3 Å². The lowest BCUT2D eigenvalue weighted by Crippen LogP contribution is -2.17. The number of carbonyl (C=O) groups is 1. The Morgan fingerprint density at radius 2 is 2.33 bits per heavy atom. The average molecular weight is 293 g/mol. The lowest BCUT2D eigenvalue weighted by Gasteiger charge is -2.14. The maximum absolute atomic E-state index is 11.1. The molecule has 0 bridgehead atoms. The quantitative estimate of drug-likeness (QED) is 0.871. The smallest absolute Gasteiger partial charge is 0.307 e. The van der Waals surface area contributed by atoms with Gasteiger partial charge in [-0.3, -0.25) is 4.79 Å². The molecule has 0 amide bonds. The van der Waals surface area contributed by atoms with Gasteiger partial charge in [-0.1, -0.05) is 33.6 Å². The Hall–Kier alpha value is -0.580. The first kappa shape index (κ1) is 12.5. The molecule has 0 spiro atoms. The van der Waals surface area contributed by atoms with Gasteiger partial charge >= 0.3 is 5.97 Å². The van der Waals surface area contributed by atoms with Crippen molar-refractivity contribution in [1.82, 2.24) is 0 Å². The Labute approximate surface area is 102 Å². The van der Waals surface area contributed by atoms with Crippen LogP contribution in [0.3, 0.4) is 0 Å². The zero-order valence-electron chi connectivity index (χ0n) is 8.17. The predicted octanol–water partition coefficient (Wildman–Crippen LogP) is 2.67. The van der Waals surface area contributed by atoms with Crippen molar-refractivity contribution in [2.75, 3.05) is 7.11 Å². The molecule has 0 aromatic heterocycles. The van der Waals surface area contributed by atoms with Crippen molar-refractivity contribution in [3.8, 4) is 0 Å². The van der Waals surface area contributed by atoms with Crippen molar-refractivity contribution in [3.63, 3.8) is 0 Å². The average Bonchev–Trinajstić information content (AvgIpc) is 2.17. The maximum Gasteiger partial charge on any atom is 0.307 e. The lowest BCUT2D eigenvalue weighted by atomic mass is 10.1. The molecule has 0 aliphatic rings.